The zero-order chi connectivity index (χ0) is 27.3. The van der Waals surface area contributed by atoms with Crippen molar-refractivity contribution in [3.05, 3.63) is 64.1 Å². The molecule has 0 unspecified atom stereocenters. The van der Waals surface area contributed by atoms with Crippen LogP contribution in [0.1, 0.15) is 59.1 Å². The van der Waals surface area contributed by atoms with Crippen molar-refractivity contribution < 1.29 is 18.0 Å². The van der Waals surface area contributed by atoms with Crippen LogP contribution in [0.4, 0.5) is 5.69 Å². The minimum absolute atomic E-state index is 0.0448. The molecule has 2 atom stereocenters. The Bertz CT molecular complexity index is 1160. The minimum Gasteiger partial charge on any atom is -0.352 e. The van der Waals surface area contributed by atoms with Crippen LogP contribution in [0.25, 0.3) is 0 Å². The molecule has 198 valence electrons. The van der Waals surface area contributed by atoms with E-state index in [0.29, 0.717) is 5.69 Å². The van der Waals surface area contributed by atoms with Gasteiger partial charge in [0.15, 0.2) is 0 Å². The van der Waals surface area contributed by atoms with Gasteiger partial charge in [0.25, 0.3) is 0 Å². The van der Waals surface area contributed by atoms with Crippen LogP contribution in [-0.2, 0) is 31.6 Å². The standard InChI is InChI=1S/C27H38BrN3O4S/c1-8-19(2)29-26(33)20(3)30(17-21-10-9-11-23(28)16-21)25(32)18-31(36(7,34)35)24-14-12-22(13-15-24)27(4,5)6/h9-16,19-20H,8,17-18H2,1-7H3,(H,29,33)/t19-,20-/m1/s1. The molecule has 0 aliphatic heterocycles. The number of nitrogens with zero attached hydrogens (tertiary/aromatic N) is 2. The Morgan fingerprint density at radius 2 is 1.67 bits per heavy atom. The van der Waals surface area contributed by atoms with Crippen LogP contribution in [-0.4, -0.2) is 50.0 Å². The van der Waals surface area contributed by atoms with Crippen LogP contribution in [0, 0.1) is 0 Å². The third-order valence-corrected chi connectivity index (χ3v) is 7.74. The Labute approximate surface area is 224 Å². The van der Waals surface area contributed by atoms with Gasteiger partial charge in [0.2, 0.25) is 21.8 Å². The normalized spacial score (nSPS) is 13.6. The first-order valence-corrected chi connectivity index (χ1v) is 14.7. The van der Waals surface area contributed by atoms with Gasteiger partial charge in [0.05, 0.1) is 11.9 Å². The van der Waals surface area contributed by atoms with Gasteiger partial charge in [-0.15, -0.1) is 0 Å². The van der Waals surface area contributed by atoms with E-state index < -0.39 is 28.5 Å². The number of benzene rings is 2. The van der Waals surface area contributed by atoms with Crippen LogP contribution in [0.15, 0.2) is 53.0 Å². The molecule has 2 amide bonds. The van der Waals surface area contributed by atoms with Crippen LogP contribution in [0.5, 0.6) is 0 Å². The first-order valence-electron chi connectivity index (χ1n) is 12.1. The molecule has 0 radical (unpaired) electrons. The molecule has 0 saturated carbocycles. The highest BCUT2D eigenvalue weighted by Gasteiger charge is 2.30. The van der Waals surface area contributed by atoms with Gasteiger partial charge in [-0.05, 0) is 61.1 Å². The molecule has 9 heteroatoms. The second-order valence-electron chi connectivity index (χ2n) is 10.2. The highest BCUT2D eigenvalue weighted by Crippen LogP contribution is 2.26. The Balaban J connectivity index is 2.40. The number of anilines is 1. The Hall–Kier alpha value is -2.39. The predicted molar refractivity (Wildman–Crippen MR) is 149 cm³/mol. The quantitative estimate of drug-likeness (QED) is 0.436. The van der Waals surface area contributed by atoms with E-state index in [9.17, 15) is 18.0 Å². The van der Waals surface area contributed by atoms with E-state index in [1.54, 1.807) is 19.1 Å². The van der Waals surface area contributed by atoms with Crippen molar-refractivity contribution in [2.45, 2.75) is 72.0 Å². The summed E-state index contributed by atoms with van der Waals surface area (Å²) < 4.78 is 27.4. The van der Waals surface area contributed by atoms with Gasteiger partial charge in [-0.1, -0.05) is 67.9 Å². The maximum Gasteiger partial charge on any atom is 0.244 e. The minimum atomic E-state index is -3.77. The van der Waals surface area contributed by atoms with E-state index in [2.05, 4.69) is 42.0 Å². The lowest BCUT2D eigenvalue weighted by Crippen LogP contribution is -2.52. The summed E-state index contributed by atoms with van der Waals surface area (Å²) in [6, 6.07) is 13.8. The van der Waals surface area contributed by atoms with Crippen molar-refractivity contribution in [2.24, 2.45) is 0 Å². The van der Waals surface area contributed by atoms with Crippen LogP contribution in [0.3, 0.4) is 0 Å². The van der Waals surface area contributed by atoms with Gasteiger partial charge in [-0.3, -0.25) is 13.9 Å². The van der Waals surface area contributed by atoms with Crippen molar-refractivity contribution in [3.8, 4) is 0 Å². The molecule has 2 rings (SSSR count). The van der Waals surface area contributed by atoms with Gasteiger partial charge in [0, 0.05) is 17.1 Å². The molecule has 0 aliphatic rings. The highest BCUT2D eigenvalue weighted by atomic mass is 79.9. The topological polar surface area (TPSA) is 86.8 Å². The Kier molecular flexibility index (Phi) is 10.1. The molecule has 7 nitrogen and oxygen atoms in total. The number of hydrogen-bond acceptors (Lipinski definition) is 4. The van der Waals surface area contributed by atoms with Crippen molar-refractivity contribution in [1.82, 2.24) is 10.2 Å². The first kappa shape index (κ1) is 29.8. The van der Waals surface area contributed by atoms with E-state index in [-0.39, 0.29) is 23.9 Å². The summed E-state index contributed by atoms with van der Waals surface area (Å²) in [5.74, 6) is -0.750. The number of hydrogen-bond donors (Lipinski definition) is 1. The predicted octanol–water partition coefficient (Wildman–Crippen LogP) is 4.84. The lowest BCUT2D eigenvalue weighted by atomic mass is 9.87. The third kappa shape index (κ3) is 8.34. The van der Waals surface area contributed by atoms with Gasteiger partial charge in [-0.2, -0.15) is 0 Å². The maximum atomic E-state index is 13.6. The molecule has 0 aromatic heterocycles. The summed E-state index contributed by atoms with van der Waals surface area (Å²) in [5.41, 5.74) is 2.18. The molecule has 0 fully saturated rings. The van der Waals surface area contributed by atoms with Crippen LogP contribution >= 0.6 is 15.9 Å². The largest absolute Gasteiger partial charge is 0.352 e. The zero-order valence-corrected chi connectivity index (χ0v) is 24.6. The van der Waals surface area contributed by atoms with Crippen LogP contribution < -0.4 is 9.62 Å². The van der Waals surface area contributed by atoms with Crippen molar-refractivity contribution >= 4 is 43.5 Å². The molecule has 0 bridgehead atoms. The molecule has 1 N–H and O–H groups in total. The van der Waals surface area contributed by atoms with Crippen LogP contribution in [0.2, 0.25) is 0 Å². The van der Waals surface area contributed by atoms with Gasteiger partial charge < -0.3 is 10.2 Å². The average Bonchev–Trinajstić information content (AvgIpc) is 2.79. The number of carbonyl (C=O) groups is 2. The molecule has 0 heterocycles. The molecule has 36 heavy (non-hydrogen) atoms. The van der Waals surface area contributed by atoms with Gasteiger partial charge in [-0.25, -0.2) is 8.42 Å². The summed E-state index contributed by atoms with van der Waals surface area (Å²) in [4.78, 5) is 28.0. The molecule has 2 aromatic carbocycles. The molecule has 2 aromatic rings. The highest BCUT2D eigenvalue weighted by molar-refractivity contribution is 9.10. The number of nitrogens with one attached hydrogen (secondary N) is 1. The van der Waals surface area contributed by atoms with Crippen molar-refractivity contribution in [2.75, 3.05) is 17.1 Å². The summed E-state index contributed by atoms with van der Waals surface area (Å²) in [6.45, 7) is 11.5. The summed E-state index contributed by atoms with van der Waals surface area (Å²) >= 11 is 3.44. The number of amides is 2. The molecule has 0 saturated heterocycles. The van der Waals surface area contributed by atoms with E-state index in [0.717, 1.165) is 32.6 Å². The maximum absolute atomic E-state index is 13.6. The fourth-order valence-corrected chi connectivity index (χ4v) is 4.92. The average molecular weight is 581 g/mol. The first-order chi connectivity index (χ1) is 16.6. The summed E-state index contributed by atoms with van der Waals surface area (Å²) in [5, 5.41) is 2.92. The number of carbonyl (C=O) groups excluding carboxylic acids is 2. The summed E-state index contributed by atoms with van der Waals surface area (Å²) in [6.07, 6.45) is 1.83. The van der Waals surface area contributed by atoms with Crippen molar-refractivity contribution in [1.29, 1.82) is 0 Å². The SMILES string of the molecule is CC[C@@H](C)NC(=O)[C@@H](C)N(Cc1cccc(Br)c1)C(=O)CN(c1ccc(C(C)(C)C)cc1)S(C)(=O)=O. The number of rotatable bonds is 10. The Morgan fingerprint density at radius 3 is 2.17 bits per heavy atom. The Morgan fingerprint density at radius 1 is 1.06 bits per heavy atom. The van der Waals surface area contributed by atoms with E-state index in [1.165, 1.54) is 4.90 Å². The summed E-state index contributed by atoms with van der Waals surface area (Å²) in [7, 11) is -3.77. The van der Waals surface area contributed by atoms with E-state index >= 15 is 0 Å². The van der Waals surface area contributed by atoms with E-state index in [1.807, 2.05) is 50.2 Å². The van der Waals surface area contributed by atoms with Crippen molar-refractivity contribution in [3.63, 3.8) is 0 Å². The monoisotopic (exact) mass is 579 g/mol. The smallest absolute Gasteiger partial charge is 0.244 e. The molecule has 0 aliphatic carbocycles. The molecular weight excluding hydrogens is 542 g/mol. The van der Waals surface area contributed by atoms with Gasteiger partial charge >= 0.3 is 0 Å². The second kappa shape index (κ2) is 12.2. The molecular formula is C27H38BrN3O4S. The third-order valence-electron chi connectivity index (χ3n) is 6.11. The van der Waals surface area contributed by atoms with Gasteiger partial charge in [0.1, 0.15) is 12.6 Å². The number of halogens is 1. The molecule has 0 spiro atoms. The lowest BCUT2D eigenvalue weighted by molar-refractivity contribution is -0.139. The fourth-order valence-electron chi connectivity index (χ4n) is 3.62. The second-order valence-corrected chi connectivity index (χ2v) is 13.0. The number of sulfonamides is 1. The fraction of sp³-hybridized carbons (Fsp3) is 0.481. The zero-order valence-electron chi connectivity index (χ0n) is 22.2. The van der Waals surface area contributed by atoms with E-state index in [4.69, 9.17) is 0 Å². The lowest BCUT2D eigenvalue weighted by Gasteiger charge is -2.32.